The normalized spacial score (nSPS) is 17.4. The molecule has 2 N–H and O–H groups in total. The lowest BCUT2D eigenvalue weighted by Crippen LogP contribution is -2.16. The second-order valence-corrected chi connectivity index (χ2v) is 5.56. The van der Waals surface area contributed by atoms with Gasteiger partial charge in [0.15, 0.2) is 0 Å². The first-order valence-corrected chi connectivity index (χ1v) is 7.42. The molecule has 0 unspecified atom stereocenters. The molecule has 3 rings (SSSR count). The molecule has 22 heavy (non-hydrogen) atoms. The van der Waals surface area contributed by atoms with Gasteiger partial charge >= 0.3 is 0 Å². The second-order valence-electron chi connectivity index (χ2n) is 5.56. The van der Waals surface area contributed by atoms with Crippen LogP contribution in [0.25, 0.3) is 0 Å². The van der Waals surface area contributed by atoms with E-state index in [-0.39, 0.29) is 6.10 Å². The van der Waals surface area contributed by atoms with Gasteiger partial charge in [0.2, 0.25) is 5.88 Å². The summed E-state index contributed by atoms with van der Waals surface area (Å²) in [5.74, 6) is 1.21. The third-order valence-corrected chi connectivity index (χ3v) is 3.84. The highest BCUT2D eigenvalue weighted by molar-refractivity contribution is 5.56. The van der Waals surface area contributed by atoms with E-state index in [1.807, 2.05) is 35.8 Å². The fourth-order valence-corrected chi connectivity index (χ4v) is 2.65. The topological polar surface area (TPSA) is 73.2 Å². The van der Waals surface area contributed by atoms with E-state index in [1.54, 1.807) is 6.07 Å². The van der Waals surface area contributed by atoms with Crippen molar-refractivity contribution in [3.05, 3.63) is 41.6 Å². The highest BCUT2D eigenvalue weighted by Crippen LogP contribution is 2.32. The maximum atomic E-state index is 9.31. The van der Waals surface area contributed by atoms with E-state index in [4.69, 9.17) is 15.2 Å². The summed E-state index contributed by atoms with van der Waals surface area (Å²) in [6.07, 6.45) is 2.16. The molecule has 5 heteroatoms. The number of hydrogen-bond donors (Lipinski definition) is 1. The number of aryl methyl sites for hydroxylation is 1. The zero-order chi connectivity index (χ0) is 15.5. The number of nitriles is 1. The molecule has 1 aromatic heterocycles. The summed E-state index contributed by atoms with van der Waals surface area (Å²) < 4.78 is 13.4. The number of rotatable bonds is 4. The highest BCUT2D eigenvalue weighted by Gasteiger charge is 2.22. The molecule has 1 saturated heterocycles. The maximum Gasteiger partial charge on any atom is 0.224 e. The fourth-order valence-electron chi connectivity index (χ4n) is 2.65. The lowest BCUT2D eigenvalue weighted by atomic mass is 10.2. The van der Waals surface area contributed by atoms with Crippen LogP contribution in [0, 0.1) is 18.3 Å². The molecule has 1 fully saturated rings. The van der Waals surface area contributed by atoms with Gasteiger partial charge in [0.25, 0.3) is 0 Å². The third-order valence-electron chi connectivity index (χ3n) is 3.84. The molecule has 0 amide bonds. The van der Waals surface area contributed by atoms with Crippen LogP contribution in [0.3, 0.4) is 0 Å². The van der Waals surface area contributed by atoms with E-state index >= 15 is 0 Å². The third kappa shape index (κ3) is 2.92. The van der Waals surface area contributed by atoms with Gasteiger partial charge in [0, 0.05) is 12.7 Å². The molecule has 1 aliphatic rings. The smallest absolute Gasteiger partial charge is 0.224 e. The minimum atomic E-state index is 0.110. The van der Waals surface area contributed by atoms with Crippen molar-refractivity contribution < 1.29 is 9.47 Å². The molecule has 2 heterocycles. The van der Waals surface area contributed by atoms with Crippen LogP contribution in [0.1, 0.15) is 24.1 Å². The zero-order valence-corrected chi connectivity index (χ0v) is 12.6. The first-order valence-electron chi connectivity index (χ1n) is 7.42. The van der Waals surface area contributed by atoms with Gasteiger partial charge in [-0.25, -0.2) is 0 Å². The maximum absolute atomic E-state index is 9.31. The summed E-state index contributed by atoms with van der Waals surface area (Å²) in [4.78, 5) is 0. The van der Waals surface area contributed by atoms with Crippen LogP contribution < -0.4 is 10.5 Å². The Morgan fingerprint density at radius 3 is 2.82 bits per heavy atom. The summed E-state index contributed by atoms with van der Waals surface area (Å²) in [7, 11) is 0. The molecule has 0 saturated carbocycles. The van der Waals surface area contributed by atoms with E-state index in [0.717, 1.165) is 25.0 Å². The van der Waals surface area contributed by atoms with Crippen molar-refractivity contribution in [2.24, 2.45) is 0 Å². The highest BCUT2D eigenvalue weighted by atomic mass is 16.5. The minimum absolute atomic E-state index is 0.110. The van der Waals surface area contributed by atoms with E-state index < -0.39 is 0 Å². The van der Waals surface area contributed by atoms with E-state index in [2.05, 4.69) is 6.07 Å². The van der Waals surface area contributed by atoms with Crippen molar-refractivity contribution in [1.29, 1.82) is 5.26 Å². The number of nitrogens with two attached hydrogens (primary N) is 1. The number of nitrogens with zero attached hydrogens (tertiary/aromatic N) is 2. The predicted octanol–water partition coefficient (Wildman–Crippen LogP) is 3.22. The number of anilines is 1. The van der Waals surface area contributed by atoms with Gasteiger partial charge in [-0.15, -0.1) is 0 Å². The fraction of sp³-hybridized carbons (Fsp3) is 0.353. The molecular weight excluding hydrogens is 278 g/mol. The zero-order valence-electron chi connectivity index (χ0n) is 12.6. The summed E-state index contributed by atoms with van der Waals surface area (Å²) >= 11 is 0. The monoisotopic (exact) mass is 297 g/mol. The van der Waals surface area contributed by atoms with Crippen LogP contribution in [-0.2, 0) is 11.3 Å². The lowest BCUT2D eigenvalue weighted by Gasteiger charge is -2.16. The summed E-state index contributed by atoms with van der Waals surface area (Å²) in [6, 6.07) is 11.6. The van der Waals surface area contributed by atoms with Crippen molar-refractivity contribution >= 4 is 5.69 Å². The van der Waals surface area contributed by atoms with E-state index in [9.17, 15) is 5.26 Å². The minimum Gasteiger partial charge on any atom is -0.439 e. The van der Waals surface area contributed by atoms with Crippen LogP contribution in [0.4, 0.5) is 5.69 Å². The van der Waals surface area contributed by atoms with Gasteiger partial charge in [-0.1, -0.05) is 17.7 Å². The van der Waals surface area contributed by atoms with Crippen molar-refractivity contribution in [2.45, 2.75) is 32.4 Å². The van der Waals surface area contributed by atoms with Crippen molar-refractivity contribution in [3.63, 3.8) is 0 Å². The molecule has 5 nitrogen and oxygen atoms in total. The first kappa shape index (κ1) is 14.5. The number of benzene rings is 1. The van der Waals surface area contributed by atoms with Gasteiger partial charge < -0.3 is 15.2 Å². The van der Waals surface area contributed by atoms with Crippen LogP contribution in [0.15, 0.2) is 30.3 Å². The summed E-state index contributed by atoms with van der Waals surface area (Å²) in [6.45, 7) is 3.38. The summed E-state index contributed by atoms with van der Waals surface area (Å²) in [5.41, 5.74) is 8.16. The Hall–Kier alpha value is -2.45. The van der Waals surface area contributed by atoms with E-state index in [0.29, 0.717) is 29.6 Å². The number of hydrogen-bond acceptors (Lipinski definition) is 4. The predicted molar refractivity (Wildman–Crippen MR) is 83.8 cm³/mol. The van der Waals surface area contributed by atoms with Crippen molar-refractivity contribution in [1.82, 2.24) is 4.57 Å². The average molecular weight is 297 g/mol. The largest absolute Gasteiger partial charge is 0.439 e. The number of nitrogen functional groups attached to an aromatic ring is 1. The van der Waals surface area contributed by atoms with Crippen LogP contribution in [-0.4, -0.2) is 17.3 Å². The van der Waals surface area contributed by atoms with Crippen molar-refractivity contribution in [3.8, 4) is 17.7 Å². The molecule has 0 spiro atoms. The molecule has 114 valence electrons. The van der Waals surface area contributed by atoms with Gasteiger partial charge in [0.05, 0.1) is 18.3 Å². The van der Waals surface area contributed by atoms with Crippen molar-refractivity contribution in [2.75, 3.05) is 12.3 Å². The molecule has 2 aromatic rings. The van der Waals surface area contributed by atoms with Crippen LogP contribution >= 0.6 is 0 Å². The average Bonchev–Trinajstić information content (AvgIpc) is 3.12. The lowest BCUT2D eigenvalue weighted by molar-refractivity contribution is 0.0952. The molecule has 1 aromatic carbocycles. The van der Waals surface area contributed by atoms with Gasteiger partial charge in [-0.05, 0) is 31.9 Å². The Bertz CT molecular complexity index is 692. The molecule has 0 radical (unpaired) electrons. The molecule has 1 atom stereocenters. The van der Waals surface area contributed by atoms with E-state index in [1.165, 1.54) is 0 Å². The Balaban J connectivity index is 1.90. The Kier molecular flexibility index (Phi) is 4.03. The number of ether oxygens (including phenoxy) is 2. The SMILES string of the molecule is Cc1ccc(Oc2c(N)cc(C#N)n2C[C@@H]2CCCO2)cc1. The number of aromatic nitrogens is 1. The standard InChI is InChI=1S/C17H19N3O2/c1-12-4-6-14(7-5-12)22-17-16(19)9-13(10-18)20(17)11-15-3-2-8-21-15/h4-7,9,15H,2-3,8,11,19H2,1H3/t15-/m0/s1. The van der Waals surface area contributed by atoms with Gasteiger partial charge in [-0.3, -0.25) is 4.57 Å². The Morgan fingerprint density at radius 1 is 1.41 bits per heavy atom. The quantitative estimate of drug-likeness (QED) is 0.940. The molecular formula is C17H19N3O2. The molecule has 0 bridgehead atoms. The second kappa shape index (κ2) is 6.12. The van der Waals surface area contributed by atoms with Crippen LogP contribution in [0.5, 0.6) is 11.6 Å². The Morgan fingerprint density at radius 2 is 2.18 bits per heavy atom. The first-order chi connectivity index (χ1) is 10.7. The van der Waals surface area contributed by atoms with Gasteiger partial charge in [0.1, 0.15) is 17.5 Å². The summed E-state index contributed by atoms with van der Waals surface area (Å²) in [5, 5.41) is 9.31. The molecule has 0 aliphatic carbocycles. The van der Waals surface area contributed by atoms with Gasteiger partial charge in [-0.2, -0.15) is 5.26 Å². The van der Waals surface area contributed by atoms with Crippen LogP contribution in [0.2, 0.25) is 0 Å². The Labute approximate surface area is 129 Å². The molecule has 1 aliphatic heterocycles.